The van der Waals surface area contributed by atoms with E-state index in [2.05, 4.69) is 20.2 Å². The molecule has 2 heterocycles. The summed E-state index contributed by atoms with van der Waals surface area (Å²) in [4.78, 5) is 7.78. The number of hydrogen-bond donors (Lipinski definition) is 0. The van der Waals surface area contributed by atoms with E-state index in [0.717, 1.165) is 11.4 Å². The molecule has 14 heavy (non-hydrogen) atoms. The molecular formula is C10H8N4. The molecule has 0 radical (unpaired) electrons. The minimum Gasteiger partial charge on any atom is -0.265 e. The van der Waals surface area contributed by atoms with Crippen LogP contribution in [0.2, 0.25) is 0 Å². The monoisotopic (exact) mass is 184 g/mol. The Hall–Kier alpha value is -2.10. The van der Waals surface area contributed by atoms with Gasteiger partial charge in [-0.15, -0.1) is 0 Å². The molecule has 68 valence electrons. The number of azo groups is 1. The quantitative estimate of drug-likeness (QED) is 0.674. The van der Waals surface area contributed by atoms with Gasteiger partial charge in [0, 0.05) is 24.8 Å². The molecule has 0 N–H and O–H groups in total. The van der Waals surface area contributed by atoms with E-state index in [0.29, 0.717) is 0 Å². The molecule has 0 saturated heterocycles. The Balaban J connectivity index is 2.16. The second-order valence-corrected chi connectivity index (χ2v) is 2.61. The predicted octanol–water partition coefficient (Wildman–Crippen LogP) is 2.89. The van der Waals surface area contributed by atoms with Crippen molar-refractivity contribution in [2.24, 2.45) is 10.2 Å². The highest BCUT2D eigenvalue weighted by molar-refractivity contribution is 5.36. The molecule has 4 nitrogen and oxygen atoms in total. The van der Waals surface area contributed by atoms with Crippen molar-refractivity contribution in [3.8, 4) is 0 Å². The Morgan fingerprint density at radius 1 is 0.643 bits per heavy atom. The molecule has 0 spiro atoms. The van der Waals surface area contributed by atoms with Crippen molar-refractivity contribution in [2.75, 3.05) is 0 Å². The summed E-state index contributed by atoms with van der Waals surface area (Å²) in [5.41, 5.74) is 1.58. The number of hydrogen-bond acceptors (Lipinski definition) is 4. The van der Waals surface area contributed by atoms with Gasteiger partial charge in [-0.3, -0.25) is 9.97 Å². The Morgan fingerprint density at radius 2 is 1.00 bits per heavy atom. The fraction of sp³-hybridized carbons (Fsp3) is 0. The summed E-state index contributed by atoms with van der Waals surface area (Å²) >= 11 is 0. The van der Waals surface area contributed by atoms with Crippen molar-refractivity contribution in [1.82, 2.24) is 9.97 Å². The van der Waals surface area contributed by atoms with E-state index >= 15 is 0 Å². The maximum Gasteiger partial charge on any atom is 0.0887 e. The summed E-state index contributed by atoms with van der Waals surface area (Å²) in [5, 5.41) is 8.07. The highest BCUT2D eigenvalue weighted by Gasteiger charge is 1.87. The normalized spacial score (nSPS) is 10.6. The van der Waals surface area contributed by atoms with Crippen LogP contribution >= 0.6 is 0 Å². The van der Waals surface area contributed by atoms with Crippen LogP contribution in [-0.4, -0.2) is 9.97 Å². The number of pyridine rings is 2. The van der Waals surface area contributed by atoms with Crippen LogP contribution in [0.4, 0.5) is 11.4 Å². The lowest BCUT2D eigenvalue weighted by atomic mass is 10.4. The van der Waals surface area contributed by atoms with Crippen molar-refractivity contribution >= 4 is 11.4 Å². The molecule has 0 aliphatic rings. The molecule has 0 saturated carbocycles. The highest BCUT2D eigenvalue weighted by atomic mass is 15.1. The molecule has 0 unspecified atom stereocenters. The molecule has 2 aromatic rings. The van der Waals surface area contributed by atoms with Gasteiger partial charge >= 0.3 is 0 Å². The van der Waals surface area contributed by atoms with Crippen molar-refractivity contribution in [1.29, 1.82) is 0 Å². The van der Waals surface area contributed by atoms with Crippen molar-refractivity contribution in [2.45, 2.75) is 0 Å². The molecule has 2 rings (SSSR count). The third-order valence-corrected chi connectivity index (χ3v) is 1.61. The topological polar surface area (TPSA) is 50.5 Å². The van der Waals surface area contributed by atoms with Crippen LogP contribution in [0.3, 0.4) is 0 Å². The fourth-order valence-corrected chi connectivity index (χ4v) is 0.937. The summed E-state index contributed by atoms with van der Waals surface area (Å²) in [6, 6.07) is 7.19. The lowest BCUT2D eigenvalue weighted by Crippen LogP contribution is -1.68. The Bertz CT molecular complexity index is 369. The van der Waals surface area contributed by atoms with E-state index in [4.69, 9.17) is 0 Å². The molecule has 0 fully saturated rings. The van der Waals surface area contributed by atoms with Gasteiger partial charge in [-0.05, 0) is 24.3 Å². The van der Waals surface area contributed by atoms with E-state index in [-0.39, 0.29) is 0 Å². The molecule has 2 aromatic heterocycles. The summed E-state index contributed by atoms with van der Waals surface area (Å²) in [6.45, 7) is 0. The van der Waals surface area contributed by atoms with E-state index < -0.39 is 0 Å². The lowest BCUT2D eigenvalue weighted by molar-refractivity contribution is 1.19. The summed E-state index contributed by atoms with van der Waals surface area (Å²) in [7, 11) is 0. The average Bonchev–Trinajstić information content (AvgIpc) is 2.29. The van der Waals surface area contributed by atoms with Crippen LogP contribution in [-0.2, 0) is 0 Å². The van der Waals surface area contributed by atoms with Gasteiger partial charge in [0.15, 0.2) is 0 Å². The van der Waals surface area contributed by atoms with Gasteiger partial charge in [-0.1, -0.05) is 0 Å². The predicted molar refractivity (Wildman–Crippen MR) is 52.7 cm³/mol. The highest BCUT2D eigenvalue weighted by Crippen LogP contribution is 2.15. The minimum absolute atomic E-state index is 0.789. The van der Waals surface area contributed by atoms with E-state index in [9.17, 15) is 0 Å². The molecule has 0 bridgehead atoms. The van der Waals surface area contributed by atoms with Crippen molar-refractivity contribution < 1.29 is 0 Å². The van der Waals surface area contributed by atoms with Crippen molar-refractivity contribution in [3.63, 3.8) is 0 Å². The average molecular weight is 184 g/mol. The molecule has 0 amide bonds. The first kappa shape index (κ1) is 8.50. The maximum atomic E-state index is 4.03. The van der Waals surface area contributed by atoms with Gasteiger partial charge in [0.05, 0.1) is 11.4 Å². The molecule has 0 aliphatic carbocycles. The first-order valence-corrected chi connectivity index (χ1v) is 4.17. The van der Waals surface area contributed by atoms with Crippen LogP contribution in [0.1, 0.15) is 0 Å². The summed E-state index contributed by atoms with van der Waals surface area (Å²) < 4.78 is 0. The standard InChI is InChI=1S/C10H8N4/c1-5-11-6-2-9(1)13-14-10-3-7-12-8-4-10/h1-8H/b14-13+. The Kier molecular flexibility index (Phi) is 2.56. The van der Waals surface area contributed by atoms with Gasteiger partial charge < -0.3 is 0 Å². The van der Waals surface area contributed by atoms with Gasteiger partial charge in [0.25, 0.3) is 0 Å². The van der Waals surface area contributed by atoms with E-state index in [1.165, 1.54) is 0 Å². The van der Waals surface area contributed by atoms with E-state index in [1.807, 2.05) is 0 Å². The number of nitrogens with zero attached hydrogens (tertiary/aromatic N) is 4. The zero-order chi connectivity index (χ0) is 9.64. The fourth-order valence-electron chi connectivity index (χ4n) is 0.937. The van der Waals surface area contributed by atoms with Crippen molar-refractivity contribution in [3.05, 3.63) is 49.1 Å². The smallest absolute Gasteiger partial charge is 0.0887 e. The van der Waals surface area contributed by atoms with Crippen LogP contribution < -0.4 is 0 Å². The third kappa shape index (κ3) is 2.20. The number of aromatic nitrogens is 2. The van der Waals surface area contributed by atoms with Crippen LogP contribution in [0, 0.1) is 0 Å². The van der Waals surface area contributed by atoms with Gasteiger partial charge in [-0.2, -0.15) is 10.2 Å². The Labute approximate surface area is 81.4 Å². The van der Waals surface area contributed by atoms with E-state index in [1.54, 1.807) is 49.1 Å². The SMILES string of the molecule is c1cc(/N=N/c2ccncc2)ccn1. The Morgan fingerprint density at radius 3 is 1.36 bits per heavy atom. The zero-order valence-electron chi connectivity index (χ0n) is 7.41. The van der Waals surface area contributed by atoms with Gasteiger partial charge in [0.2, 0.25) is 0 Å². The first-order valence-electron chi connectivity index (χ1n) is 4.17. The lowest BCUT2D eigenvalue weighted by Gasteiger charge is -1.90. The molecule has 0 aromatic carbocycles. The molecule has 0 atom stereocenters. The van der Waals surface area contributed by atoms with Gasteiger partial charge in [-0.25, -0.2) is 0 Å². The minimum atomic E-state index is 0.789. The third-order valence-electron chi connectivity index (χ3n) is 1.61. The van der Waals surface area contributed by atoms with Crippen LogP contribution in [0.15, 0.2) is 59.3 Å². The van der Waals surface area contributed by atoms with Crippen LogP contribution in [0.5, 0.6) is 0 Å². The summed E-state index contributed by atoms with van der Waals surface area (Å²) in [5.74, 6) is 0. The molecule has 4 heteroatoms. The second kappa shape index (κ2) is 4.23. The maximum absolute atomic E-state index is 4.03. The second-order valence-electron chi connectivity index (χ2n) is 2.61. The molecule has 0 aliphatic heterocycles. The molecular weight excluding hydrogens is 176 g/mol. The summed E-state index contributed by atoms with van der Waals surface area (Å²) in [6.07, 6.45) is 6.73. The van der Waals surface area contributed by atoms with Gasteiger partial charge in [0.1, 0.15) is 0 Å². The largest absolute Gasteiger partial charge is 0.265 e. The first-order chi connectivity index (χ1) is 6.95. The zero-order valence-corrected chi connectivity index (χ0v) is 7.41. The number of rotatable bonds is 2. The van der Waals surface area contributed by atoms with Crippen LogP contribution in [0.25, 0.3) is 0 Å².